The highest BCUT2D eigenvalue weighted by atomic mass is 16.5. The van der Waals surface area contributed by atoms with Crippen LogP contribution in [0.5, 0.6) is 5.75 Å². The average molecular weight is 211 g/mol. The van der Waals surface area contributed by atoms with Gasteiger partial charge in [-0.25, -0.2) is 4.79 Å². The number of nitrogen functional groups attached to an aromatic ring is 1. The Hall–Kier alpha value is -1.75. The first-order chi connectivity index (χ1) is 7.15. The topological polar surface area (TPSA) is 92.8 Å². The molecule has 0 aliphatic rings. The van der Waals surface area contributed by atoms with Gasteiger partial charge >= 0.3 is 5.97 Å². The summed E-state index contributed by atoms with van der Waals surface area (Å²) in [6.07, 6.45) is 0.528. The Morgan fingerprint density at radius 1 is 1.47 bits per heavy atom. The van der Waals surface area contributed by atoms with Gasteiger partial charge in [0.1, 0.15) is 5.75 Å². The first-order valence-electron chi connectivity index (χ1n) is 4.51. The smallest absolute Gasteiger partial charge is 0.337 e. The fourth-order valence-electron chi connectivity index (χ4n) is 1.08. The molecular formula is C10H13NO4. The van der Waals surface area contributed by atoms with E-state index in [0.29, 0.717) is 18.8 Å². The molecule has 0 radical (unpaired) electrons. The van der Waals surface area contributed by atoms with E-state index >= 15 is 0 Å². The van der Waals surface area contributed by atoms with Crippen molar-refractivity contribution >= 4 is 11.7 Å². The third kappa shape index (κ3) is 3.14. The van der Waals surface area contributed by atoms with Crippen LogP contribution in [0.3, 0.4) is 0 Å². The number of carboxylic acids is 1. The lowest BCUT2D eigenvalue weighted by Crippen LogP contribution is -2.04. The highest BCUT2D eigenvalue weighted by Gasteiger charge is 2.08. The predicted molar refractivity (Wildman–Crippen MR) is 55.0 cm³/mol. The summed E-state index contributed by atoms with van der Waals surface area (Å²) >= 11 is 0. The molecule has 4 N–H and O–H groups in total. The third-order valence-electron chi connectivity index (χ3n) is 1.82. The second kappa shape index (κ2) is 5.21. The monoisotopic (exact) mass is 211 g/mol. The van der Waals surface area contributed by atoms with Crippen LogP contribution in [0, 0.1) is 0 Å². The molecule has 1 aromatic carbocycles. The average Bonchev–Trinajstić information content (AvgIpc) is 2.17. The number of ether oxygens (including phenoxy) is 1. The molecule has 0 amide bonds. The van der Waals surface area contributed by atoms with Crippen molar-refractivity contribution in [3.05, 3.63) is 23.8 Å². The summed E-state index contributed by atoms with van der Waals surface area (Å²) in [7, 11) is 0. The molecule has 0 fully saturated rings. The second-order valence-corrected chi connectivity index (χ2v) is 2.98. The summed E-state index contributed by atoms with van der Waals surface area (Å²) in [5.74, 6) is -0.555. The van der Waals surface area contributed by atoms with Gasteiger partial charge in [0.15, 0.2) is 0 Å². The fourth-order valence-corrected chi connectivity index (χ4v) is 1.08. The number of hydrogen-bond donors (Lipinski definition) is 3. The van der Waals surface area contributed by atoms with E-state index in [1.807, 2.05) is 0 Å². The van der Waals surface area contributed by atoms with Gasteiger partial charge in [0.05, 0.1) is 12.2 Å². The van der Waals surface area contributed by atoms with Crippen LogP contribution < -0.4 is 10.5 Å². The number of nitrogens with two attached hydrogens (primary N) is 1. The van der Waals surface area contributed by atoms with Crippen LogP contribution in [0.25, 0.3) is 0 Å². The quantitative estimate of drug-likeness (QED) is 0.493. The van der Waals surface area contributed by atoms with Crippen LogP contribution in [0.15, 0.2) is 18.2 Å². The van der Waals surface area contributed by atoms with Crippen LogP contribution in [0.1, 0.15) is 16.8 Å². The Kier molecular flexibility index (Phi) is 3.93. The highest BCUT2D eigenvalue weighted by molar-refractivity contribution is 5.93. The molecule has 0 spiro atoms. The Labute approximate surface area is 87.1 Å². The summed E-state index contributed by atoms with van der Waals surface area (Å²) in [6, 6.07) is 4.39. The third-order valence-corrected chi connectivity index (χ3v) is 1.82. The molecule has 0 aliphatic heterocycles. The summed E-state index contributed by atoms with van der Waals surface area (Å²) in [5, 5.41) is 17.3. The molecular weight excluding hydrogens is 198 g/mol. The van der Waals surface area contributed by atoms with Crippen molar-refractivity contribution in [2.75, 3.05) is 18.9 Å². The van der Waals surface area contributed by atoms with E-state index in [1.165, 1.54) is 18.2 Å². The zero-order valence-electron chi connectivity index (χ0n) is 8.14. The molecule has 0 aliphatic carbocycles. The molecule has 15 heavy (non-hydrogen) atoms. The van der Waals surface area contributed by atoms with E-state index in [1.54, 1.807) is 0 Å². The number of aromatic carboxylic acids is 1. The largest absolute Gasteiger partial charge is 0.493 e. The van der Waals surface area contributed by atoms with Crippen LogP contribution in [0.2, 0.25) is 0 Å². The minimum atomic E-state index is -1.06. The van der Waals surface area contributed by atoms with E-state index in [0.717, 1.165) is 0 Å². The van der Waals surface area contributed by atoms with Gasteiger partial charge in [-0.1, -0.05) is 0 Å². The number of hydrogen-bond acceptors (Lipinski definition) is 4. The zero-order chi connectivity index (χ0) is 11.3. The van der Waals surface area contributed by atoms with Crippen LogP contribution in [-0.2, 0) is 0 Å². The summed E-state index contributed by atoms with van der Waals surface area (Å²) in [4.78, 5) is 10.6. The molecule has 0 atom stereocenters. The second-order valence-electron chi connectivity index (χ2n) is 2.98. The van der Waals surface area contributed by atoms with E-state index in [2.05, 4.69) is 0 Å². The Morgan fingerprint density at radius 3 is 2.73 bits per heavy atom. The molecule has 0 bridgehead atoms. The minimum Gasteiger partial charge on any atom is -0.493 e. The van der Waals surface area contributed by atoms with Gasteiger partial charge in [-0.3, -0.25) is 0 Å². The molecule has 82 valence electrons. The van der Waals surface area contributed by atoms with Crippen molar-refractivity contribution < 1.29 is 19.7 Å². The lowest BCUT2D eigenvalue weighted by Gasteiger charge is -2.07. The summed E-state index contributed by atoms with van der Waals surface area (Å²) in [5.41, 5.74) is 5.75. The Bertz CT molecular complexity index is 351. The van der Waals surface area contributed by atoms with Gasteiger partial charge in [-0.05, 0) is 12.1 Å². The fraction of sp³-hybridized carbons (Fsp3) is 0.300. The predicted octanol–water partition coefficient (Wildman–Crippen LogP) is 0.728. The minimum absolute atomic E-state index is 0.0582. The van der Waals surface area contributed by atoms with Crippen molar-refractivity contribution in [1.82, 2.24) is 0 Å². The maximum atomic E-state index is 10.6. The van der Waals surface area contributed by atoms with Gasteiger partial charge in [0, 0.05) is 24.8 Å². The van der Waals surface area contributed by atoms with Gasteiger partial charge < -0.3 is 20.7 Å². The van der Waals surface area contributed by atoms with Crippen molar-refractivity contribution in [3.8, 4) is 5.75 Å². The highest BCUT2D eigenvalue weighted by Crippen LogP contribution is 2.19. The number of benzene rings is 1. The molecule has 0 saturated heterocycles. The number of aliphatic hydroxyl groups is 1. The molecule has 1 rings (SSSR count). The van der Waals surface area contributed by atoms with E-state index in [9.17, 15) is 4.79 Å². The van der Waals surface area contributed by atoms with Gasteiger partial charge in [-0.2, -0.15) is 0 Å². The maximum Gasteiger partial charge on any atom is 0.337 e. The van der Waals surface area contributed by atoms with Gasteiger partial charge in [0.25, 0.3) is 0 Å². The number of rotatable bonds is 5. The zero-order valence-corrected chi connectivity index (χ0v) is 8.14. The van der Waals surface area contributed by atoms with Crippen molar-refractivity contribution in [2.24, 2.45) is 0 Å². The number of carboxylic acid groups (broad SMARTS) is 1. The van der Waals surface area contributed by atoms with Crippen molar-refractivity contribution in [2.45, 2.75) is 6.42 Å². The molecule has 0 saturated carbocycles. The van der Waals surface area contributed by atoms with E-state index in [-0.39, 0.29) is 17.9 Å². The van der Waals surface area contributed by atoms with E-state index < -0.39 is 5.97 Å². The lowest BCUT2D eigenvalue weighted by molar-refractivity contribution is 0.0698. The molecule has 5 nitrogen and oxygen atoms in total. The van der Waals surface area contributed by atoms with Crippen LogP contribution >= 0.6 is 0 Å². The van der Waals surface area contributed by atoms with Crippen molar-refractivity contribution in [1.29, 1.82) is 0 Å². The molecule has 0 heterocycles. The van der Waals surface area contributed by atoms with E-state index in [4.69, 9.17) is 20.7 Å². The number of aliphatic hydroxyl groups excluding tert-OH is 1. The Balaban J connectivity index is 2.69. The normalized spacial score (nSPS) is 9.93. The molecule has 5 heteroatoms. The first kappa shape index (κ1) is 11.3. The van der Waals surface area contributed by atoms with Gasteiger partial charge in [0.2, 0.25) is 0 Å². The summed E-state index contributed by atoms with van der Waals surface area (Å²) in [6.45, 7) is 0.436. The summed E-state index contributed by atoms with van der Waals surface area (Å²) < 4.78 is 5.23. The maximum absolute atomic E-state index is 10.6. The molecule has 0 aromatic heterocycles. The number of anilines is 1. The SMILES string of the molecule is Nc1cc(OCCCO)ccc1C(=O)O. The van der Waals surface area contributed by atoms with Crippen LogP contribution in [-0.4, -0.2) is 29.4 Å². The molecule has 0 unspecified atom stereocenters. The lowest BCUT2D eigenvalue weighted by atomic mass is 10.2. The first-order valence-corrected chi connectivity index (χ1v) is 4.51. The van der Waals surface area contributed by atoms with Gasteiger partial charge in [-0.15, -0.1) is 0 Å². The Morgan fingerprint density at radius 2 is 2.20 bits per heavy atom. The number of carbonyl (C=O) groups is 1. The van der Waals surface area contributed by atoms with Crippen molar-refractivity contribution in [3.63, 3.8) is 0 Å². The standard InChI is InChI=1S/C10H13NO4/c11-9-6-7(15-5-1-4-12)2-3-8(9)10(13)14/h2-3,6,12H,1,4-5,11H2,(H,13,14). The van der Waals surface area contributed by atoms with Crippen LogP contribution in [0.4, 0.5) is 5.69 Å². The molecule has 1 aromatic rings.